The first-order chi connectivity index (χ1) is 12.2. The van der Waals surface area contributed by atoms with Gasteiger partial charge in [-0.2, -0.15) is 0 Å². The molecule has 0 bridgehead atoms. The topological polar surface area (TPSA) is 0 Å². The minimum atomic E-state index is 0.500. The van der Waals surface area contributed by atoms with Gasteiger partial charge in [0.1, 0.15) is 0 Å². The van der Waals surface area contributed by atoms with Gasteiger partial charge in [0, 0.05) is 0 Å². The van der Waals surface area contributed by atoms with Crippen molar-refractivity contribution in [3.63, 3.8) is 0 Å². The highest BCUT2D eigenvalue weighted by Gasteiger charge is 2.33. The SMILES string of the molecule is CC(C)(C)C1CC1.CC(C)(C)C1CCC1.CC(C)C(C)(C)C.CCC(C)(C)C. The van der Waals surface area contributed by atoms with Crippen molar-refractivity contribution >= 4 is 0 Å². The van der Waals surface area contributed by atoms with Crippen LogP contribution in [0.25, 0.3) is 0 Å². The van der Waals surface area contributed by atoms with E-state index in [2.05, 4.69) is 104 Å². The minimum absolute atomic E-state index is 0.500. The van der Waals surface area contributed by atoms with Gasteiger partial charge in [-0.25, -0.2) is 0 Å². The van der Waals surface area contributed by atoms with E-state index in [1.54, 1.807) is 0 Å². The molecule has 0 heterocycles. The number of rotatable bonds is 0. The van der Waals surface area contributed by atoms with Gasteiger partial charge in [-0.3, -0.25) is 0 Å². The van der Waals surface area contributed by atoms with Crippen molar-refractivity contribution in [1.29, 1.82) is 0 Å². The first-order valence-electron chi connectivity index (χ1n) is 12.2. The summed E-state index contributed by atoms with van der Waals surface area (Å²) in [5.41, 5.74) is 2.25. The van der Waals surface area contributed by atoms with E-state index in [4.69, 9.17) is 0 Å². The molecule has 0 N–H and O–H groups in total. The molecule has 0 nitrogen and oxygen atoms in total. The van der Waals surface area contributed by atoms with Crippen molar-refractivity contribution in [2.75, 3.05) is 0 Å². The van der Waals surface area contributed by atoms with Gasteiger partial charge in [0.2, 0.25) is 0 Å². The molecule has 2 fully saturated rings. The summed E-state index contributed by atoms with van der Waals surface area (Å²) < 4.78 is 0. The fourth-order valence-corrected chi connectivity index (χ4v) is 2.22. The molecule has 0 saturated heterocycles. The minimum Gasteiger partial charge on any atom is -0.0649 e. The first kappa shape index (κ1) is 30.2. The van der Waals surface area contributed by atoms with Crippen molar-refractivity contribution in [2.24, 2.45) is 39.4 Å². The highest BCUT2D eigenvalue weighted by atomic mass is 14.4. The third-order valence-electron chi connectivity index (χ3n) is 6.92. The molecule has 2 aliphatic rings. The van der Waals surface area contributed by atoms with E-state index in [1.165, 1.54) is 38.5 Å². The van der Waals surface area contributed by atoms with Crippen molar-refractivity contribution in [3.05, 3.63) is 0 Å². The van der Waals surface area contributed by atoms with Gasteiger partial charge < -0.3 is 0 Å². The van der Waals surface area contributed by atoms with Gasteiger partial charge in [-0.1, -0.05) is 117 Å². The quantitative estimate of drug-likeness (QED) is 0.382. The first-order valence-corrected chi connectivity index (χ1v) is 12.2. The average molecular weight is 397 g/mol. The number of hydrogen-bond donors (Lipinski definition) is 0. The molecule has 2 rings (SSSR count). The van der Waals surface area contributed by atoms with Gasteiger partial charge in [-0.05, 0) is 65.1 Å². The summed E-state index contributed by atoms with van der Waals surface area (Å²) in [7, 11) is 0. The van der Waals surface area contributed by atoms with Crippen LogP contribution >= 0.6 is 0 Å². The van der Waals surface area contributed by atoms with Crippen molar-refractivity contribution in [2.45, 2.75) is 142 Å². The molecule has 0 spiro atoms. The Morgan fingerprint density at radius 1 is 0.607 bits per heavy atom. The van der Waals surface area contributed by atoms with E-state index < -0.39 is 0 Å². The van der Waals surface area contributed by atoms with Gasteiger partial charge in [0.05, 0.1) is 0 Å². The zero-order chi connectivity index (χ0) is 23.0. The molecular formula is C28H60. The molecular weight excluding hydrogens is 336 g/mol. The van der Waals surface area contributed by atoms with E-state index in [0.29, 0.717) is 21.7 Å². The zero-order valence-corrected chi connectivity index (χ0v) is 23.0. The molecule has 0 heteroatoms. The molecule has 0 radical (unpaired) electrons. The second-order valence-electron chi connectivity index (χ2n) is 14.1. The summed E-state index contributed by atoms with van der Waals surface area (Å²) in [4.78, 5) is 0. The van der Waals surface area contributed by atoms with Gasteiger partial charge in [-0.15, -0.1) is 0 Å². The lowest BCUT2D eigenvalue weighted by Crippen LogP contribution is -2.26. The molecule has 0 aliphatic heterocycles. The fourth-order valence-electron chi connectivity index (χ4n) is 2.22. The monoisotopic (exact) mass is 396 g/mol. The van der Waals surface area contributed by atoms with Crippen LogP contribution in [0.5, 0.6) is 0 Å². The van der Waals surface area contributed by atoms with Crippen molar-refractivity contribution in [1.82, 2.24) is 0 Å². The Labute approximate surface area is 182 Å². The molecule has 172 valence electrons. The Hall–Kier alpha value is 0. The lowest BCUT2D eigenvalue weighted by atomic mass is 9.69. The van der Waals surface area contributed by atoms with Crippen LogP contribution in [0.4, 0.5) is 0 Å². The van der Waals surface area contributed by atoms with Crippen LogP contribution in [-0.4, -0.2) is 0 Å². The molecule has 0 aromatic rings. The molecule has 2 aliphatic carbocycles. The lowest BCUT2D eigenvalue weighted by Gasteiger charge is -2.37. The smallest absolute Gasteiger partial charge is 0.0354 e. The molecule has 0 unspecified atom stereocenters. The molecule has 0 aromatic heterocycles. The summed E-state index contributed by atoms with van der Waals surface area (Å²) in [5.74, 6) is 2.88. The van der Waals surface area contributed by atoms with E-state index >= 15 is 0 Å². The molecule has 0 amide bonds. The Morgan fingerprint density at radius 2 is 0.857 bits per heavy atom. The molecule has 28 heavy (non-hydrogen) atoms. The van der Waals surface area contributed by atoms with Crippen LogP contribution in [0, 0.1) is 39.4 Å². The second-order valence-corrected chi connectivity index (χ2v) is 14.1. The predicted octanol–water partition coefficient (Wildman–Crippen LogP) is 10.4. The van der Waals surface area contributed by atoms with Gasteiger partial charge in [0.15, 0.2) is 0 Å². The van der Waals surface area contributed by atoms with E-state index in [0.717, 1.165) is 17.8 Å². The lowest BCUT2D eigenvalue weighted by molar-refractivity contribution is 0.141. The number of hydrogen-bond acceptors (Lipinski definition) is 0. The normalized spacial score (nSPS) is 18.0. The van der Waals surface area contributed by atoms with Crippen molar-refractivity contribution in [3.8, 4) is 0 Å². The summed E-state index contributed by atoms with van der Waals surface area (Å²) in [6.45, 7) is 34.2. The van der Waals surface area contributed by atoms with Gasteiger partial charge in [0.25, 0.3) is 0 Å². The van der Waals surface area contributed by atoms with Crippen LogP contribution < -0.4 is 0 Å². The average Bonchev–Trinajstić information content (AvgIpc) is 3.17. The molecule has 2 saturated carbocycles. The van der Waals surface area contributed by atoms with Crippen LogP contribution in [-0.2, 0) is 0 Å². The fraction of sp³-hybridized carbons (Fsp3) is 1.00. The summed E-state index contributed by atoms with van der Waals surface area (Å²) >= 11 is 0. The Balaban J connectivity index is 0. The highest BCUT2D eigenvalue weighted by Crippen LogP contribution is 2.44. The maximum Gasteiger partial charge on any atom is -0.0354 e. The Kier molecular flexibility index (Phi) is 12.9. The predicted molar refractivity (Wildman–Crippen MR) is 133 cm³/mol. The summed E-state index contributed by atoms with van der Waals surface area (Å²) in [5, 5.41) is 0. The second kappa shape index (κ2) is 12.0. The Bertz CT molecular complexity index is 352. The van der Waals surface area contributed by atoms with Crippen LogP contribution in [0.15, 0.2) is 0 Å². The van der Waals surface area contributed by atoms with Crippen LogP contribution in [0.1, 0.15) is 142 Å². The van der Waals surface area contributed by atoms with E-state index in [-0.39, 0.29) is 0 Å². The maximum atomic E-state index is 2.34. The van der Waals surface area contributed by atoms with Crippen molar-refractivity contribution < 1.29 is 0 Å². The third kappa shape index (κ3) is 18.1. The third-order valence-corrected chi connectivity index (χ3v) is 6.92. The maximum absolute atomic E-state index is 2.34. The Morgan fingerprint density at radius 3 is 0.857 bits per heavy atom. The molecule has 0 atom stereocenters. The van der Waals surface area contributed by atoms with E-state index in [9.17, 15) is 0 Å². The highest BCUT2D eigenvalue weighted by molar-refractivity contribution is 4.84. The summed E-state index contributed by atoms with van der Waals surface area (Å²) in [6.07, 6.45) is 8.65. The van der Waals surface area contributed by atoms with Gasteiger partial charge >= 0.3 is 0 Å². The summed E-state index contributed by atoms with van der Waals surface area (Å²) in [6, 6.07) is 0. The molecule has 0 aromatic carbocycles. The zero-order valence-electron chi connectivity index (χ0n) is 23.0. The largest absolute Gasteiger partial charge is 0.0649 e. The van der Waals surface area contributed by atoms with E-state index in [1.807, 2.05) is 0 Å². The van der Waals surface area contributed by atoms with Crippen LogP contribution in [0.2, 0.25) is 0 Å². The van der Waals surface area contributed by atoms with Crippen LogP contribution in [0.3, 0.4) is 0 Å². The standard InChI is InChI=1S/C8H16.C7H14.C7H16.C6H14/c1-8(2,3)7-5-4-6-7;1-7(2,3)6-4-5-6;1-6(2)7(3,4)5;1-5-6(2,3)4/h7H,4-6H2,1-3H3;6H,4-5H2,1-3H3;6H,1-5H3;5H2,1-4H3.